The second-order valence-electron chi connectivity index (χ2n) is 5.06. The maximum atomic E-state index is 5.49. The van der Waals surface area contributed by atoms with Crippen molar-refractivity contribution in [2.75, 3.05) is 0 Å². The summed E-state index contributed by atoms with van der Waals surface area (Å²) in [5.41, 5.74) is 5.36. The first kappa shape index (κ1) is 10.9. The number of nitrogens with two attached hydrogens (primary N) is 2. The Balaban J connectivity index is 1.51. The fourth-order valence-electron chi connectivity index (χ4n) is 3.10. The lowest BCUT2D eigenvalue weighted by Gasteiger charge is -2.27. The summed E-state index contributed by atoms with van der Waals surface area (Å²) in [6.07, 6.45) is 5.70. The van der Waals surface area contributed by atoms with Gasteiger partial charge in [-0.3, -0.25) is 11.7 Å². The molecule has 0 bridgehead atoms. The first-order valence-corrected chi connectivity index (χ1v) is 6.06. The number of rotatable bonds is 4. The zero-order chi connectivity index (χ0) is 11.1. The molecule has 6 N–H and O–H groups in total. The Labute approximate surface area is 95.0 Å². The van der Waals surface area contributed by atoms with E-state index in [0.717, 1.165) is 0 Å². The van der Waals surface area contributed by atoms with E-state index < -0.39 is 0 Å². The van der Waals surface area contributed by atoms with Crippen molar-refractivity contribution in [2.24, 2.45) is 23.5 Å². The van der Waals surface area contributed by atoms with E-state index >= 15 is 0 Å². The number of epoxide rings is 2. The number of ether oxygens (including phenoxy) is 2. The van der Waals surface area contributed by atoms with Gasteiger partial charge in [0.15, 0.2) is 0 Å². The van der Waals surface area contributed by atoms with Gasteiger partial charge in [-0.25, -0.2) is 10.9 Å². The molecule has 2 saturated heterocycles. The third-order valence-electron chi connectivity index (χ3n) is 4.06. The summed E-state index contributed by atoms with van der Waals surface area (Å²) in [7, 11) is 0. The van der Waals surface area contributed by atoms with Gasteiger partial charge in [-0.15, -0.1) is 0 Å². The van der Waals surface area contributed by atoms with Crippen molar-refractivity contribution in [3.05, 3.63) is 0 Å². The van der Waals surface area contributed by atoms with Crippen LogP contribution >= 0.6 is 0 Å². The van der Waals surface area contributed by atoms with Crippen LogP contribution in [0.25, 0.3) is 0 Å². The van der Waals surface area contributed by atoms with Crippen molar-refractivity contribution >= 4 is 0 Å². The lowest BCUT2D eigenvalue weighted by molar-refractivity contribution is 0.184. The van der Waals surface area contributed by atoms with Gasteiger partial charge in [-0.1, -0.05) is 6.42 Å². The van der Waals surface area contributed by atoms with E-state index in [1.165, 1.54) is 25.7 Å². The Hall–Kier alpha value is -0.240. The molecule has 0 aromatic heterocycles. The van der Waals surface area contributed by atoms with E-state index in [0.29, 0.717) is 24.0 Å². The van der Waals surface area contributed by atoms with Crippen LogP contribution in [0.2, 0.25) is 0 Å². The molecule has 2 heterocycles. The Morgan fingerprint density at radius 1 is 0.875 bits per heavy atom. The van der Waals surface area contributed by atoms with E-state index in [9.17, 15) is 0 Å². The van der Waals surface area contributed by atoms with Gasteiger partial charge in [-0.05, 0) is 31.1 Å². The fourth-order valence-corrected chi connectivity index (χ4v) is 3.10. The van der Waals surface area contributed by atoms with E-state index in [4.69, 9.17) is 21.2 Å². The highest BCUT2D eigenvalue weighted by molar-refractivity contribution is 4.96. The largest absolute Gasteiger partial charge is 0.352 e. The zero-order valence-electron chi connectivity index (χ0n) is 9.26. The summed E-state index contributed by atoms with van der Waals surface area (Å²) in [5, 5.41) is 0. The van der Waals surface area contributed by atoms with E-state index in [-0.39, 0.29) is 12.5 Å². The van der Waals surface area contributed by atoms with Gasteiger partial charge in [0.2, 0.25) is 0 Å². The molecule has 6 unspecified atom stereocenters. The lowest BCUT2D eigenvalue weighted by atomic mass is 9.78. The van der Waals surface area contributed by atoms with E-state index in [1.54, 1.807) is 0 Å². The van der Waals surface area contributed by atoms with Crippen molar-refractivity contribution in [3.8, 4) is 0 Å². The highest BCUT2D eigenvalue weighted by Crippen LogP contribution is 2.44. The minimum Gasteiger partial charge on any atom is -0.352 e. The van der Waals surface area contributed by atoms with Crippen molar-refractivity contribution < 1.29 is 9.47 Å². The molecule has 0 spiro atoms. The Morgan fingerprint density at radius 3 is 1.75 bits per heavy atom. The van der Waals surface area contributed by atoms with Crippen LogP contribution in [0.5, 0.6) is 0 Å². The molecule has 6 nitrogen and oxygen atoms in total. The average molecular weight is 228 g/mol. The van der Waals surface area contributed by atoms with Crippen LogP contribution < -0.4 is 22.5 Å². The molecule has 6 heteroatoms. The predicted octanol–water partition coefficient (Wildman–Crippen LogP) is -0.831. The molecule has 3 fully saturated rings. The fraction of sp³-hybridized carbons (Fsp3) is 1.00. The molecule has 1 saturated carbocycles. The molecular weight excluding hydrogens is 208 g/mol. The van der Waals surface area contributed by atoms with E-state index in [2.05, 4.69) is 10.9 Å². The summed E-state index contributed by atoms with van der Waals surface area (Å²) < 4.78 is 11.0. The van der Waals surface area contributed by atoms with Crippen molar-refractivity contribution in [2.45, 2.75) is 50.3 Å². The van der Waals surface area contributed by atoms with Crippen LogP contribution in [0, 0.1) is 11.8 Å². The molecule has 3 rings (SSSR count). The third-order valence-corrected chi connectivity index (χ3v) is 4.06. The summed E-state index contributed by atoms with van der Waals surface area (Å²) in [6.45, 7) is 0. The number of hydrogen-bond acceptors (Lipinski definition) is 6. The molecule has 3 aliphatic rings. The average Bonchev–Trinajstić information content (AvgIpc) is 3.22. The first-order chi connectivity index (χ1) is 7.83. The van der Waals surface area contributed by atoms with Gasteiger partial charge < -0.3 is 9.47 Å². The second-order valence-corrected chi connectivity index (χ2v) is 5.06. The molecule has 0 aromatic rings. The van der Waals surface area contributed by atoms with Gasteiger partial charge in [0, 0.05) is 0 Å². The van der Waals surface area contributed by atoms with Crippen LogP contribution in [-0.2, 0) is 9.47 Å². The second kappa shape index (κ2) is 4.21. The predicted molar refractivity (Wildman–Crippen MR) is 57.4 cm³/mol. The molecule has 2 aliphatic heterocycles. The Bertz CT molecular complexity index is 241. The molecule has 0 amide bonds. The van der Waals surface area contributed by atoms with Gasteiger partial charge >= 0.3 is 0 Å². The molecule has 16 heavy (non-hydrogen) atoms. The summed E-state index contributed by atoms with van der Waals surface area (Å²) >= 11 is 0. The molecule has 0 aromatic carbocycles. The van der Waals surface area contributed by atoms with Crippen LogP contribution in [-0.4, -0.2) is 24.7 Å². The quantitative estimate of drug-likeness (QED) is 0.285. The van der Waals surface area contributed by atoms with Gasteiger partial charge in [-0.2, -0.15) is 0 Å². The maximum absolute atomic E-state index is 5.49. The van der Waals surface area contributed by atoms with Crippen LogP contribution in [0.1, 0.15) is 25.7 Å². The highest BCUT2D eigenvalue weighted by atomic mass is 16.6. The Kier molecular flexibility index (Phi) is 2.87. The normalized spacial score (nSPS) is 51.4. The monoisotopic (exact) mass is 228 g/mol. The van der Waals surface area contributed by atoms with Crippen LogP contribution in [0.4, 0.5) is 0 Å². The third kappa shape index (κ3) is 1.97. The van der Waals surface area contributed by atoms with Gasteiger partial charge in [0.05, 0.1) is 0 Å². The molecule has 92 valence electrons. The molecule has 6 atom stereocenters. The number of hydrazine groups is 2. The summed E-state index contributed by atoms with van der Waals surface area (Å²) in [6, 6.07) is 0. The molecule has 0 radical (unpaired) electrons. The topological polar surface area (TPSA) is 101 Å². The number of nitrogens with one attached hydrogen (secondary N) is 2. The smallest absolute Gasteiger partial charge is 0.147 e. The Morgan fingerprint density at radius 2 is 1.38 bits per heavy atom. The molecular formula is C10H20N4O2. The standard InChI is InChI=1S/C10H20N4O2/c11-13-9-7(15-9)5-2-1-3-6(4-5)8-10(14-12)16-8/h5-10,13-14H,1-4,11-12H2. The van der Waals surface area contributed by atoms with Crippen LogP contribution in [0.3, 0.4) is 0 Å². The maximum Gasteiger partial charge on any atom is 0.147 e. The SMILES string of the molecule is NNC1OC1C1CCCC(C2OC2NN)C1. The van der Waals surface area contributed by atoms with Gasteiger partial charge in [0.25, 0.3) is 0 Å². The lowest BCUT2D eigenvalue weighted by Crippen LogP contribution is -2.33. The molecule has 1 aliphatic carbocycles. The summed E-state index contributed by atoms with van der Waals surface area (Å²) in [5.74, 6) is 12.0. The zero-order valence-corrected chi connectivity index (χ0v) is 9.26. The van der Waals surface area contributed by atoms with E-state index in [1.807, 2.05) is 0 Å². The van der Waals surface area contributed by atoms with Crippen molar-refractivity contribution in [3.63, 3.8) is 0 Å². The number of hydrogen-bond donors (Lipinski definition) is 4. The minimum atomic E-state index is 0.0762. The highest BCUT2D eigenvalue weighted by Gasteiger charge is 2.50. The van der Waals surface area contributed by atoms with Gasteiger partial charge in [0.1, 0.15) is 24.7 Å². The van der Waals surface area contributed by atoms with Crippen molar-refractivity contribution in [1.82, 2.24) is 10.9 Å². The van der Waals surface area contributed by atoms with Crippen LogP contribution in [0.15, 0.2) is 0 Å². The first-order valence-electron chi connectivity index (χ1n) is 6.06. The van der Waals surface area contributed by atoms with Crippen molar-refractivity contribution in [1.29, 1.82) is 0 Å². The minimum absolute atomic E-state index is 0.0762. The summed E-state index contributed by atoms with van der Waals surface area (Å²) in [4.78, 5) is 0.